The molecule has 2 amide bonds. The summed E-state index contributed by atoms with van der Waals surface area (Å²) in [5.41, 5.74) is 1.06. The summed E-state index contributed by atoms with van der Waals surface area (Å²) in [4.78, 5) is 29.8. The maximum absolute atomic E-state index is 13.5. The van der Waals surface area contributed by atoms with Crippen LogP contribution in [-0.2, 0) is 9.53 Å². The monoisotopic (exact) mass is 462 g/mol. The summed E-state index contributed by atoms with van der Waals surface area (Å²) < 4.78 is 30.1. The third-order valence-corrected chi connectivity index (χ3v) is 5.77. The van der Waals surface area contributed by atoms with Gasteiger partial charge in [-0.15, -0.1) is 0 Å². The molecular formula is C26H23FN2O5. The summed E-state index contributed by atoms with van der Waals surface area (Å²) >= 11 is 0. The Hall–Kier alpha value is -3.91. The van der Waals surface area contributed by atoms with E-state index in [0.29, 0.717) is 54.8 Å². The standard InChI is InChI=1S/C26H23FN2O5/c27-19-7-11-21(12-8-19)33-20-9-5-18(6-10-20)25(30)29-17-24(26(31)28-13-15-32-16-14-28)34-23-4-2-1-3-22(23)29/h1-12,24H,13-17H2/t24-/m1/s1. The Morgan fingerprint density at radius 3 is 2.24 bits per heavy atom. The number of morpholine rings is 1. The van der Waals surface area contributed by atoms with Gasteiger partial charge in [0.25, 0.3) is 11.8 Å². The fourth-order valence-corrected chi connectivity index (χ4v) is 4.00. The van der Waals surface area contributed by atoms with Crippen LogP contribution in [0, 0.1) is 5.82 Å². The Balaban J connectivity index is 1.35. The molecule has 0 N–H and O–H groups in total. The van der Waals surface area contributed by atoms with Crippen molar-refractivity contribution in [1.82, 2.24) is 4.90 Å². The molecular weight excluding hydrogens is 439 g/mol. The average molecular weight is 462 g/mol. The van der Waals surface area contributed by atoms with Gasteiger partial charge in [-0.25, -0.2) is 4.39 Å². The van der Waals surface area contributed by atoms with Gasteiger partial charge in [0, 0.05) is 18.7 Å². The predicted molar refractivity (Wildman–Crippen MR) is 123 cm³/mol. The molecule has 0 aromatic heterocycles. The van der Waals surface area contributed by atoms with Gasteiger partial charge in [-0.2, -0.15) is 0 Å². The topological polar surface area (TPSA) is 68.3 Å². The molecule has 0 aliphatic carbocycles. The second kappa shape index (κ2) is 9.52. The van der Waals surface area contributed by atoms with Crippen molar-refractivity contribution < 1.29 is 28.2 Å². The number of anilines is 1. The van der Waals surface area contributed by atoms with Crippen LogP contribution in [-0.4, -0.2) is 55.7 Å². The zero-order chi connectivity index (χ0) is 23.5. The van der Waals surface area contributed by atoms with Crippen molar-refractivity contribution in [3.8, 4) is 17.2 Å². The molecule has 2 heterocycles. The van der Waals surface area contributed by atoms with Crippen molar-refractivity contribution in [2.75, 3.05) is 37.7 Å². The van der Waals surface area contributed by atoms with E-state index in [9.17, 15) is 14.0 Å². The third-order valence-electron chi connectivity index (χ3n) is 5.77. The van der Waals surface area contributed by atoms with Crippen molar-refractivity contribution in [2.45, 2.75) is 6.10 Å². The van der Waals surface area contributed by atoms with E-state index >= 15 is 0 Å². The lowest BCUT2D eigenvalue weighted by Crippen LogP contribution is -2.54. The van der Waals surface area contributed by atoms with Gasteiger partial charge in [0.05, 0.1) is 25.4 Å². The van der Waals surface area contributed by atoms with E-state index < -0.39 is 6.10 Å². The van der Waals surface area contributed by atoms with E-state index in [4.69, 9.17) is 14.2 Å². The molecule has 3 aromatic carbocycles. The minimum absolute atomic E-state index is 0.111. The molecule has 2 aliphatic rings. The molecule has 174 valence electrons. The number of halogens is 1. The van der Waals surface area contributed by atoms with Crippen LogP contribution >= 0.6 is 0 Å². The lowest BCUT2D eigenvalue weighted by Gasteiger charge is -2.37. The molecule has 8 heteroatoms. The zero-order valence-electron chi connectivity index (χ0n) is 18.4. The SMILES string of the molecule is O=C([C@H]1CN(C(=O)c2ccc(Oc3ccc(F)cc3)cc2)c2ccccc2O1)N1CCOCC1. The Morgan fingerprint density at radius 2 is 1.53 bits per heavy atom. The van der Waals surface area contributed by atoms with E-state index in [1.807, 2.05) is 12.1 Å². The van der Waals surface area contributed by atoms with Crippen molar-refractivity contribution >= 4 is 17.5 Å². The van der Waals surface area contributed by atoms with E-state index in [2.05, 4.69) is 0 Å². The summed E-state index contributed by atoms with van der Waals surface area (Å²) in [6, 6.07) is 19.6. The minimum Gasteiger partial charge on any atom is -0.476 e. The molecule has 3 aromatic rings. The summed E-state index contributed by atoms with van der Waals surface area (Å²) in [6.07, 6.45) is -0.793. The van der Waals surface area contributed by atoms with Crippen LogP contribution in [0.4, 0.5) is 10.1 Å². The molecule has 34 heavy (non-hydrogen) atoms. The Labute approximate surface area is 196 Å². The number of rotatable bonds is 4. The Bertz CT molecular complexity index is 1180. The van der Waals surface area contributed by atoms with Crippen LogP contribution in [0.5, 0.6) is 17.2 Å². The normalized spacial score (nSPS) is 17.5. The number of carbonyl (C=O) groups is 2. The van der Waals surface area contributed by atoms with Crippen LogP contribution < -0.4 is 14.4 Å². The number of benzene rings is 3. The van der Waals surface area contributed by atoms with E-state index in [1.54, 1.807) is 46.2 Å². The number of carbonyl (C=O) groups excluding carboxylic acids is 2. The highest BCUT2D eigenvalue weighted by atomic mass is 19.1. The maximum Gasteiger partial charge on any atom is 0.265 e. The molecule has 2 aliphatic heterocycles. The molecule has 1 atom stereocenters. The molecule has 0 bridgehead atoms. The highest BCUT2D eigenvalue weighted by Crippen LogP contribution is 2.35. The molecule has 1 saturated heterocycles. The smallest absolute Gasteiger partial charge is 0.265 e. The predicted octanol–water partition coefficient (Wildman–Crippen LogP) is 3.88. The average Bonchev–Trinajstić information content (AvgIpc) is 2.89. The second-order valence-electron chi connectivity index (χ2n) is 8.01. The first-order valence-corrected chi connectivity index (χ1v) is 11.1. The first-order chi connectivity index (χ1) is 16.6. The van der Waals surface area contributed by atoms with Crippen LogP contribution in [0.3, 0.4) is 0 Å². The highest BCUT2D eigenvalue weighted by Gasteiger charge is 2.36. The van der Waals surface area contributed by atoms with Gasteiger partial charge >= 0.3 is 0 Å². The van der Waals surface area contributed by atoms with Gasteiger partial charge in [-0.3, -0.25) is 9.59 Å². The maximum atomic E-state index is 13.5. The molecule has 0 saturated carbocycles. The first-order valence-electron chi connectivity index (χ1n) is 11.1. The van der Waals surface area contributed by atoms with Crippen molar-refractivity contribution in [3.63, 3.8) is 0 Å². The second-order valence-corrected chi connectivity index (χ2v) is 8.01. The Morgan fingerprint density at radius 1 is 0.882 bits per heavy atom. The zero-order valence-corrected chi connectivity index (χ0v) is 18.4. The number of fused-ring (bicyclic) bond motifs is 1. The number of ether oxygens (including phenoxy) is 3. The van der Waals surface area contributed by atoms with Gasteiger partial charge in [0.1, 0.15) is 23.1 Å². The number of nitrogens with zero attached hydrogens (tertiary/aromatic N) is 2. The van der Waals surface area contributed by atoms with Crippen LogP contribution in [0.2, 0.25) is 0 Å². The van der Waals surface area contributed by atoms with E-state index in [-0.39, 0.29) is 24.2 Å². The lowest BCUT2D eigenvalue weighted by atomic mass is 10.1. The van der Waals surface area contributed by atoms with Crippen LogP contribution in [0.25, 0.3) is 0 Å². The molecule has 0 spiro atoms. The molecule has 1 fully saturated rings. The van der Waals surface area contributed by atoms with Crippen molar-refractivity contribution in [2.24, 2.45) is 0 Å². The quantitative estimate of drug-likeness (QED) is 0.589. The number of hydrogen-bond donors (Lipinski definition) is 0. The fourth-order valence-electron chi connectivity index (χ4n) is 4.00. The van der Waals surface area contributed by atoms with Gasteiger partial charge < -0.3 is 24.0 Å². The molecule has 0 unspecified atom stereocenters. The van der Waals surface area contributed by atoms with E-state index in [1.165, 1.54) is 24.3 Å². The van der Waals surface area contributed by atoms with Crippen LogP contribution in [0.15, 0.2) is 72.8 Å². The van der Waals surface area contributed by atoms with Crippen molar-refractivity contribution in [1.29, 1.82) is 0 Å². The van der Waals surface area contributed by atoms with Gasteiger partial charge in [0.15, 0.2) is 6.10 Å². The molecule has 5 rings (SSSR count). The third kappa shape index (κ3) is 4.58. The minimum atomic E-state index is -0.793. The van der Waals surface area contributed by atoms with E-state index in [0.717, 1.165) is 0 Å². The van der Waals surface area contributed by atoms with Gasteiger partial charge in [0.2, 0.25) is 0 Å². The van der Waals surface area contributed by atoms with Crippen LogP contribution in [0.1, 0.15) is 10.4 Å². The fraction of sp³-hybridized carbons (Fsp3) is 0.231. The summed E-state index contributed by atoms with van der Waals surface area (Å²) in [5.74, 6) is 0.759. The highest BCUT2D eigenvalue weighted by molar-refractivity contribution is 6.08. The number of amides is 2. The van der Waals surface area contributed by atoms with Crippen molar-refractivity contribution in [3.05, 3.63) is 84.2 Å². The molecule has 7 nitrogen and oxygen atoms in total. The summed E-state index contributed by atoms with van der Waals surface area (Å²) in [7, 11) is 0. The number of hydrogen-bond acceptors (Lipinski definition) is 5. The molecule has 0 radical (unpaired) electrons. The first kappa shape index (κ1) is 21.9. The summed E-state index contributed by atoms with van der Waals surface area (Å²) in [5, 5.41) is 0. The lowest BCUT2D eigenvalue weighted by molar-refractivity contribution is -0.142. The number of para-hydroxylation sites is 2. The van der Waals surface area contributed by atoms with Gasteiger partial charge in [-0.1, -0.05) is 12.1 Å². The largest absolute Gasteiger partial charge is 0.476 e. The summed E-state index contributed by atoms with van der Waals surface area (Å²) in [6.45, 7) is 2.10. The Kier molecular flexibility index (Phi) is 6.14. The van der Waals surface area contributed by atoms with Gasteiger partial charge in [-0.05, 0) is 60.7 Å².